The molecule has 1 aromatic heterocycles. The Labute approximate surface area is 122 Å². The van der Waals surface area contributed by atoms with E-state index in [0.717, 1.165) is 22.9 Å². The molecule has 6 heteroatoms. The van der Waals surface area contributed by atoms with E-state index in [9.17, 15) is 4.79 Å². The van der Waals surface area contributed by atoms with E-state index in [1.54, 1.807) is 11.0 Å². The predicted octanol–water partition coefficient (Wildman–Crippen LogP) is 2.91. The Morgan fingerprint density at radius 1 is 1.40 bits per heavy atom. The summed E-state index contributed by atoms with van der Waals surface area (Å²) in [6.45, 7) is 6.47. The normalized spacial score (nSPS) is 10.8. The van der Waals surface area contributed by atoms with Gasteiger partial charge in [0, 0.05) is 6.54 Å². The molecule has 0 radical (unpaired) electrons. The van der Waals surface area contributed by atoms with Crippen molar-refractivity contribution < 1.29 is 4.79 Å². The lowest BCUT2D eigenvalue weighted by molar-refractivity contribution is 0.0991. The quantitative estimate of drug-likeness (QED) is 0.879. The Balaban J connectivity index is 2.40. The van der Waals surface area contributed by atoms with Crippen LogP contribution in [0, 0.1) is 0 Å². The molecule has 0 aliphatic rings. The van der Waals surface area contributed by atoms with Crippen LogP contribution in [-0.2, 0) is 0 Å². The van der Waals surface area contributed by atoms with E-state index < -0.39 is 0 Å². The summed E-state index contributed by atoms with van der Waals surface area (Å²) in [5.41, 5.74) is 8.02. The molecule has 0 saturated carbocycles. The molecule has 2 aromatic rings. The number of nitrogens with two attached hydrogens (primary N) is 1. The SMILES string of the molecule is CCN(C(=O)c1snnc1C(C)C)c1ccccc1N. The highest BCUT2D eigenvalue weighted by Crippen LogP contribution is 2.27. The van der Waals surface area contributed by atoms with Crippen LogP contribution in [0.2, 0.25) is 0 Å². The summed E-state index contributed by atoms with van der Waals surface area (Å²) in [5, 5.41) is 4.06. The molecule has 0 spiro atoms. The molecule has 106 valence electrons. The van der Waals surface area contributed by atoms with E-state index in [-0.39, 0.29) is 11.8 Å². The van der Waals surface area contributed by atoms with Crippen LogP contribution in [0.5, 0.6) is 0 Å². The molecule has 5 nitrogen and oxygen atoms in total. The molecule has 0 unspecified atom stereocenters. The average molecular weight is 290 g/mol. The molecule has 0 aliphatic heterocycles. The van der Waals surface area contributed by atoms with Crippen LogP contribution in [0.3, 0.4) is 0 Å². The molecule has 0 aliphatic carbocycles. The molecule has 0 bridgehead atoms. The predicted molar refractivity (Wildman–Crippen MR) is 82.2 cm³/mol. The lowest BCUT2D eigenvalue weighted by atomic mass is 10.1. The molecular weight excluding hydrogens is 272 g/mol. The number of carbonyl (C=O) groups excluding carboxylic acids is 1. The van der Waals surface area contributed by atoms with Crippen molar-refractivity contribution in [2.24, 2.45) is 0 Å². The highest BCUT2D eigenvalue weighted by molar-refractivity contribution is 7.08. The fourth-order valence-corrected chi connectivity index (χ4v) is 2.77. The van der Waals surface area contributed by atoms with Crippen molar-refractivity contribution in [3.8, 4) is 0 Å². The van der Waals surface area contributed by atoms with Crippen molar-refractivity contribution in [3.05, 3.63) is 34.8 Å². The maximum absolute atomic E-state index is 12.7. The number of benzene rings is 1. The lowest BCUT2D eigenvalue weighted by Gasteiger charge is -2.22. The van der Waals surface area contributed by atoms with E-state index >= 15 is 0 Å². The van der Waals surface area contributed by atoms with Gasteiger partial charge in [0.1, 0.15) is 4.88 Å². The van der Waals surface area contributed by atoms with Gasteiger partial charge in [-0.3, -0.25) is 4.79 Å². The van der Waals surface area contributed by atoms with Crippen LogP contribution in [0.1, 0.15) is 42.1 Å². The van der Waals surface area contributed by atoms with Gasteiger partial charge in [0.15, 0.2) is 0 Å². The fraction of sp³-hybridized carbons (Fsp3) is 0.357. The number of aromatic nitrogens is 2. The summed E-state index contributed by atoms with van der Waals surface area (Å²) in [6.07, 6.45) is 0. The summed E-state index contributed by atoms with van der Waals surface area (Å²) in [4.78, 5) is 15.0. The van der Waals surface area contributed by atoms with E-state index in [1.165, 1.54) is 0 Å². The number of anilines is 2. The third-order valence-electron chi connectivity index (χ3n) is 3.04. The van der Waals surface area contributed by atoms with Crippen molar-refractivity contribution in [1.82, 2.24) is 9.59 Å². The first-order valence-electron chi connectivity index (χ1n) is 6.54. The number of amides is 1. The van der Waals surface area contributed by atoms with Gasteiger partial charge in [-0.15, -0.1) is 5.10 Å². The molecule has 2 rings (SSSR count). The second-order valence-corrected chi connectivity index (χ2v) is 5.50. The zero-order valence-electron chi connectivity index (χ0n) is 11.8. The summed E-state index contributed by atoms with van der Waals surface area (Å²) in [6, 6.07) is 7.36. The molecule has 0 saturated heterocycles. The van der Waals surface area contributed by atoms with Gasteiger partial charge in [0.25, 0.3) is 5.91 Å². The average Bonchev–Trinajstić information content (AvgIpc) is 2.91. The number of nitrogen functional groups attached to an aromatic ring is 1. The monoisotopic (exact) mass is 290 g/mol. The number of hydrogen-bond donors (Lipinski definition) is 1. The van der Waals surface area contributed by atoms with Crippen molar-refractivity contribution in [1.29, 1.82) is 0 Å². The minimum absolute atomic E-state index is 0.0934. The van der Waals surface area contributed by atoms with Crippen LogP contribution >= 0.6 is 11.5 Å². The Morgan fingerprint density at radius 2 is 2.10 bits per heavy atom. The summed E-state index contributed by atoms with van der Waals surface area (Å²) < 4.78 is 3.91. The zero-order chi connectivity index (χ0) is 14.7. The topological polar surface area (TPSA) is 72.1 Å². The summed E-state index contributed by atoms with van der Waals surface area (Å²) in [5.74, 6) is 0.0728. The van der Waals surface area contributed by atoms with E-state index in [0.29, 0.717) is 17.1 Å². The van der Waals surface area contributed by atoms with Crippen molar-refractivity contribution in [2.75, 3.05) is 17.2 Å². The number of carbonyl (C=O) groups is 1. The van der Waals surface area contributed by atoms with Gasteiger partial charge in [-0.25, -0.2) is 0 Å². The largest absolute Gasteiger partial charge is 0.397 e. The zero-order valence-corrected chi connectivity index (χ0v) is 12.6. The number of para-hydroxylation sites is 2. The first-order chi connectivity index (χ1) is 9.56. The highest BCUT2D eigenvalue weighted by atomic mass is 32.1. The van der Waals surface area contributed by atoms with E-state index in [1.807, 2.05) is 39.0 Å². The molecule has 20 heavy (non-hydrogen) atoms. The molecule has 1 heterocycles. The van der Waals surface area contributed by atoms with Gasteiger partial charge in [0.05, 0.1) is 17.1 Å². The second-order valence-electron chi connectivity index (χ2n) is 4.75. The summed E-state index contributed by atoms with van der Waals surface area (Å²) >= 11 is 1.14. The van der Waals surface area contributed by atoms with Crippen LogP contribution in [-0.4, -0.2) is 22.0 Å². The standard InChI is InChI=1S/C14H18N4OS/c1-4-18(11-8-6-5-7-10(11)15)14(19)13-12(9(2)3)16-17-20-13/h5-9H,4,15H2,1-3H3. The molecular formula is C14H18N4OS. The number of hydrogen-bond acceptors (Lipinski definition) is 5. The molecule has 1 aromatic carbocycles. The lowest BCUT2D eigenvalue weighted by Crippen LogP contribution is -2.31. The van der Waals surface area contributed by atoms with Crippen molar-refractivity contribution >= 4 is 28.8 Å². The maximum Gasteiger partial charge on any atom is 0.272 e. The second kappa shape index (κ2) is 6.00. The van der Waals surface area contributed by atoms with Gasteiger partial charge in [-0.2, -0.15) is 0 Å². The number of rotatable bonds is 4. The van der Waals surface area contributed by atoms with Crippen LogP contribution in [0.4, 0.5) is 11.4 Å². The van der Waals surface area contributed by atoms with Crippen molar-refractivity contribution in [2.45, 2.75) is 26.7 Å². The third kappa shape index (κ3) is 2.65. The Bertz CT molecular complexity index is 609. The van der Waals surface area contributed by atoms with Crippen molar-refractivity contribution in [3.63, 3.8) is 0 Å². The van der Waals surface area contributed by atoms with Crippen LogP contribution in [0.15, 0.2) is 24.3 Å². The van der Waals surface area contributed by atoms with Crippen LogP contribution < -0.4 is 10.6 Å². The molecule has 2 N–H and O–H groups in total. The van der Waals surface area contributed by atoms with Gasteiger partial charge >= 0.3 is 0 Å². The summed E-state index contributed by atoms with van der Waals surface area (Å²) in [7, 11) is 0. The first-order valence-corrected chi connectivity index (χ1v) is 7.32. The van der Waals surface area contributed by atoms with Gasteiger partial charge < -0.3 is 10.6 Å². The smallest absolute Gasteiger partial charge is 0.272 e. The highest BCUT2D eigenvalue weighted by Gasteiger charge is 2.24. The number of nitrogens with zero attached hydrogens (tertiary/aromatic N) is 3. The molecule has 0 atom stereocenters. The Morgan fingerprint density at radius 3 is 2.70 bits per heavy atom. The van der Waals surface area contributed by atoms with Gasteiger partial charge in [-0.05, 0) is 36.5 Å². The Kier molecular flexibility index (Phi) is 4.34. The van der Waals surface area contributed by atoms with Gasteiger partial charge in [0.2, 0.25) is 0 Å². The Hall–Kier alpha value is -1.95. The first kappa shape index (κ1) is 14.5. The molecule has 1 amide bonds. The fourth-order valence-electron chi connectivity index (χ4n) is 2.00. The minimum atomic E-state index is -0.0934. The van der Waals surface area contributed by atoms with Gasteiger partial charge in [-0.1, -0.05) is 30.5 Å². The van der Waals surface area contributed by atoms with Crippen LogP contribution in [0.25, 0.3) is 0 Å². The molecule has 0 fully saturated rings. The third-order valence-corrected chi connectivity index (χ3v) is 3.77. The van der Waals surface area contributed by atoms with E-state index in [2.05, 4.69) is 9.59 Å². The van der Waals surface area contributed by atoms with E-state index in [4.69, 9.17) is 5.73 Å². The minimum Gasteiger partial charge on any atom is -0.397 e. The maximum atomic E-state index is 12.7.